The molecule has 6 heteroatoms. The van der Waals surface area contributed by atoms with Gasteiger partial charge in [0, 0.05) is 17.1 Å². The van der Waals surface area contributed by atoms with E-state index in [4.69, 9.17) is 9.47 Å². The smallest absolute Gasteiger partial charge is 0.162 e. The third-order valence-corrected chi connectivity index (χ3v) is 4.80. The monoisotopic (exact) mass is 376 g/mol. The lowest BCUT2D eigenvalue weighted by molar-refractivity contribution is 0.169. The van der Waals surface area contributed by atoms with Gasteiger partial charge in [-0.3, -0.25) is 4.90 Å². The number of ether oxygens (including phenoxy) is 2. The zero-order valence-corrected chi connectivity index (χ0v) is 14.6. The number of piperidine rings is 1. The molecule has 0 amide bonds. The predicted octanol–water partition coefficient (Wildman–Crippen LogP) is 2.83. The quantitative estimate of drug-likeness (QED) is 0.878. The van der Waals surface area contributed by atoms with Crippen molar-refractivity contribution in [2.75, 3.05) is 33.4 Å². The molecule has 1 aromatic carbocycles. The van der Waals surface area contributed by atoms with Crippen molar-refractivity contribution >= 4 is 28.3 Å². The Kier molecular flexibility index (Phi) is 6.17. The summed E-state index contributed by atoms with van der Waals surface area (Å²) in [5, 5.41) is 3.41. The number of hydrogen-bond donors (Lipinski definition) is 1. The molecular weight excluding hydrogens is 356 g/mol. The second-order valence-electron chi connectivity index (χ2n) is 5.48. The summed E-state index contributed by atoms with van der Waals surface area (Å²) in [6, 6.07) is 4.80. The Hall–Kier alpha value is -0.490. The minimum absolute atomic E-state index is 0. The van der Waals surface area contributed by atoms with E-state index in [1.807, 2.05) is 6.07 Å². The molecule has 0 aromatic heterocycles. The van der Waals surface area contributed by atoms with Crippen LogP contribution >= 0.6 is 28.3 Å². The average Bonchev–Trinajstić information content (AvgIpc) is 2.49. The summed E-state index contributed by atoms with van der Waals surface area (Å²) >= 11 is 3.65. The lowest BCUT2D eigenvalue weighted by atomic mass is 10.0. The van der Waals surface area contributed by atoms with Crippen molar-refractivity contribution in [1.29, 1.82) is 0 Å². The summed E-state index contributed by atoms with van der Waals surface area (Å²) in [4.78, 5) is 2.44. The molecule has 21 heavy (non-hydrogen) atoms. The highest BCUT2D eigenvalue weighted by Gasteiger charge is 2.20. The third kappa shape index (κ3) is 4.03. The number of rotatable bonds is 3. The van der Waals surface area contributed by atoms with Gasteiger partial charge in [-0.2, -0.15) is 0 Å². The Balaban J connectivity index is 0.00000161. The number of halogens is 2. The molecule has 118 valence electrons. The van der Waals surface area contributed by atoms with Gasteiger partial charge in [0.25, 0.3) is 0 Å². The zero-order valence-electron chi connectivity index (χ0n) is 12.2. The van der Waals surface area contributed by atoms with Gasteiger partial charge in [-0.15, -0.1) is 12.4 Å². The van der Waals surface area contributed by atoms with Crippen molar-refractivity contribution in [1.82, 2.24) is 10.2 Å². The Morgan fingerprint density at radius 2 is 1.81 bits per heavy atom. The summed E-state index contributed by atoms with van der Waals surface area (Å²) in [5.74, 6) is 1.71. The Labute approximate surface area is 140 Å². The number of nitrogens with one attached hydrogen (secondary N) is 1. The minimum atomic E-state index is 0. The van der Waals surface area contributed by atoms with Crippen LogP contribution in [0.4, 0.5) is 0 Å². The van der Waals surface area contributed by atoms with Gasteiger partial charge in [-0.1, -0.05) is 15.9 Å². The van der Waals surface area contributed by atoms with Crippen LogP contribution in [-0.2, 0) is 6.54 Å². The molecule has 1 saturated heterocycles. The first kappa shape index (κ1) is 16.9. The number of fused-ring (bicyclic) bond motifs is 1. The third-order valence-electron chi connectivity index (χ3n) is 4.06. The van der Waals surface area contributed by atoms with Gasteiger partial charge in [0.1, 0.15) is 13.2 Å². The van der Waals surface area contributed by atoms with Crippen LogP contribution in [0, 0.1) is 0 Å². The molecule has 0 radical (unpaired) electrons. The number of benzene rings is 1. The molecule has 2 aliphatic rings. The molecule has 0 unspecified atom stereocenters. The fourth-order valence-corrected chi connectivity index (χ4v) is 3.32. The normalized spacial score (nSPS) is 18.4. The standard InChI is InChI=1S/C15H21BrN2O2.ClH/c1-18(12-2-4-17-5-3-12)10-11-8-14-15(9-13(11)16)20-7-6-19-14;/h8-9,12,17H,2-7,10H2,1H3;1H. The van der Waals surface area contributed by atoms with Gasteiger partial charge in [0.05, 0.1) is 0 Å². The first-order chi connectivity index (χ1) is 9.74. The summed E-state index contributed by atoms with van der Waals surface area (Å²) in [5.41, 5.74) is 1.26. The van der Waals surface area contributed by atoms with Crippen molar-refractivity contribution in [2.45, 2.75) is 25.4 Å². The van der Waals surface area contributed by atoms with E-state index >= 15 is 0 Å². The highest BCUT2D eigenvalue weighted by Crippen LogP contribution is 2.36. The maximum Gasteiger partial charge on any atom is 0.162 e. The van der Waals surface area contributed by atoms with Gasteiger partial charge in [-0.05, 0) is 50.7 Å². The van der Waals surface area contributed by atoms with E-state index in [2.05, 4.69) is 39.3 Å². The highest BCUT2D eigenvalue weighted by molar-refractivity contribution is 9.10. The van der Waals surface area contributed by atoms with E-state index in [9.17, 15) is 0 Å². The van der Waals surface area contributed by atoms with Gasteiger partial charge in [-0.25, -0.2) is 0 Å². The molecule has 3 rings (SSSR count). The van der Waals surface area contributed by atoms with E-state index in [0.717, 1.165) is 35.6 Å². The van der Waals surface area contributed by atoms with Gasteiger partial charge in [0.15, 0.2) is 11.5 Å². The lowest BCUT2D eigenvalue weighted by Gasteiger charge is -2.32. The van der Waals surface area contributed by atoms with Crippen LogP contribution in [0.1, 0.15) is 18.4 Å². The zero-order chi connectivity index (χ0) is 13.9. The molecule has 0 aliphatic carbocycles. The Morgan fingerprint density at radius 1 is 1.19 bits per heavy atom. The van der Waals surface area contributed by atoms with Crippen LogP contribution in [-0.4, -0.2) is 44.3 Å². The van der Waals surface area contributed by atoms with E-state index in [-0.39, 0.29) is 12.4 Å². The summed E-state index contributed by atoms with van der Waals surface area (Å²) in [6.07, 6.45) is 2.44. The lowest BCUT2D eigenvalue weighted by Crippen LogP contribution is -2.40. The van der Waals surface area contributed by atoms with Crippen molar-refractivity contribution in [3.05, 3.63) is 22.2 Å². The van der Waals surface area contributed by atoms with Crippen molar-refractivity contribution < 1.29 is 9.47 Å². The van der Waals surface area contributed by atoms with Gasteiger partial charge < -0.3 is 14.8 Å². The molecule has 0 spiro atoms. The minimum Gasteiger partial charge on any atom is -0.486 e. The fourth-order valence-electron chi connectivity index (χ4n) is 2.87. The van der Waals surface area contributed by atoms with Gasteiger partial charge >= 0.3 is 0 Å². The van der Waals surface area contributed by atoms with Crippen LogP contribution in [0.3, 0.4) is 0 Å². The number of nitrogens with zero attached hydrogens (tertiary/aromatic N) is 1. The predicted molar refractivity (Wildman–Crippen MR) is 89.7 cm³/mol. The topological polar surface area (TPSA) is 33.7 Å². The Morgan fingerprint density at radius 3 is 2.48 bits per heavy atom. The Bertz CT molecular complexity index is 481. The molecule has 2 aliphatic heterocycles. The first-order valence-electron chi connectivity index (χ1n) is 7.23. The van der Waals surface area contributed by atoms with Crippen LogP contribution in [0.2, 0.25) is 0 Å². The van der Waals surface area contributed by atoms with Crippen molar-refractivity contribution in [3.63, 3.8) is 0 Å². The number of hydrogen-bond acceptors (Lipinski definition) is 4. The van der Waals surface area contributed by atoms with E-state index < -0.39 is 0 Å². The van der Waals surface area contributed by atoms with E-state index in [0.29, 0.717) is 19.3 Å². The molecule has 1 fully saturated rings. The molecule has 2 heterocycles. The van der Waals surface area contributed by atoms with Gasteiger partial charge in [0.2, 0.25) is 0 Å². The van der Waals surface area contributed by atoms with E-state index in [1.54, 1.807) is 0 Å². The molecular formula is C15H22BrClN2O2. The molecule has 1 N–H and O–H groups in total. The SMILES string of the molecule is CN(Cc1cc2c(cc1Br)OCCO2)C1CCNCC1.Cl. The average molecular weight is 378 g/mol. The molecule has 4 nitrogen and oxygen atoms in total. The molecule has 1 aromatic rings. The second kappa shape index (κ2) is 7.68. The molecule has 0 saturated carbocycles. The second-order valence-corrected chi connectivity index (χ2v) is 6.34. The summed E-state index contributed by atoms with van der Waals surface area (Å²) < 4.78 is 12.4. The highest BCUT2D eigenvalue weighted by atomic mass is 79.9. The van der Waals surface area contributed by atoms with Crippen LogP contribution in [0.15, 0.2) is 16.6 Å². The van der Waals surface area contributed by atoms with Crippen molar-refractivity contribution in [2.24, 2.45) is 0 Å². The fraction of sp³-hybridized carbons (Fsp3) is 0.600. The van der Waals surface area contributed by atoms with Crippen molar-refractivity contribution in [3.8, 4) is 11.5 Å². The summed E-state index contributed by atoms with van der Waals surface area (Å²) in [6.45, 7) is 4.45. The van der Waals surface area contributed by atoms with Crippen LogP contribution < -0.4 is 14.8 Å². The van der Waals surface area contributed by atoms with E-state index in [1.165, 1.54) is 18.4 Å². The first-order valence-corrected chi connectivity index (χ1v) is 8.02. The maximum absolute atomic E-state index is 5.67. The summed E-state index contributed by atoms with van der Waals surface area (Å²) in [7, 11) is 2.21. The maximum atomic E-state index is 5.67. The largest absolute Gasteiger partial charge is 0.486 e. The molecule has 0 atom stereocenters. The molecule has 0 bridgehead atoms. The van der Waals surface area contributed by atoms with Crippen LogP contribution in [0.5, 0.6) is 11.5 Å². The van der Waals surface area contributed by atoms with Crippen LogP contribution in [0.25, 0.3) is 0 Å².